The van der Waals surface area contributed by atoms with E-state index < -0.39 is 0 Å². The van der Waals surface area contributed by atoms with Crippen molar-refractivity contribution in [1.82, 2.24) is 5.32 Å². The van der Waals surface area contributed by atoms with Gasteiger partial charge in [-0.05, 0) is 12.5 Å². The molecule has 0 radical (unpaired) electrons. The van der Waals surface area contributed by atoms with E-state index in [1.54, 1.807) is 7.11 Å². The molecule has 0 aliphatic heterocycles. The Bertz CT molecular complexity index is 374. The van der Waals surface area contributed by atoms with Gasteiger partial charge < -0.3 is 14.8 Å². The van der Waals surface area contributed by atoms with Crippen LogP contribution in [0.2, 0.25) is 0 Å². The number of ether oxygens (including phenoxy) is 2. The second-order valence-corrected chi connectivity index (χ2v) is 3.89. The predicted octanol–water partition coefficient (Wildman–Crippen LogP) is 2.11. The van der Waals surface area contributed by atoms with Crippen molar-refractivity contribution in [2.75, 3.05) is 26.9 Å². The van der Waals surface area contributed by atoms with Gasteiger partial charge in [-0.25, -0.2) is 0 Å². The van der Waals surface area contributed by atoms with Gasteiger partial charge in [0.2, 0.25) is 0 Å². The Labute approximate surface area is 109 Å². The van der Waals surface area contributed by atoms with Crippen LogP contribution in [0.3, 0.4) is 0 Å². The van der Waals surface area contributed by atoms with E-state index in [1.807, 2.05) is 24.3 Å². The highest BCUT2D eigenvalue weighted by Crippen LogP contribution is 2.17. The minimum atomic E-state index is 0.536. The molecule has 1 aromatic carbocycles. The molecule has 0 aliphatic carbocycles. The summed E-state index contributed by atoms with van der Waals surface area (Å²) in [5, 5.41) is 11.7. The lowest BCUT2D eigenvalue weighted by molar-refractivity contribution is 0.199. The summed E-state index contributed by atoms with van der Waals surface area (Å²) in [5.74, 6) is 0.889. The van der Waals surface area contributed by atoms with Gasteiger partial charge in [-0.15, -0.1) is 0 Å². The van der Waals surface area contributed by atoms with Crippen molar-refractivity contribution in [2.24, 2.45) is 0 Å². The zero-order valence-electron chi connectivity index (χ0n) is 10.8. The molecule has 0 aromatic heterocycles. The first-order valence-electron chi connectivity index (χ1n) is 6.15. The monoisotopic (exact) mass is 248 g/mol. The van der Waals surface area contributed by atoms with Crippen molar-refractivity contribution in [3.63, 3.8) is 0 Å². The van der Waals surface area contributed by atoms with Crippen molar-refractivity contribution in [2.45, 2.75) is 19.4 Å². The quantitative estimate of drug-likeness (QED) is 0.680. The van der Waals surface area contributed by atoms with Gasteiger partial charge in [0.15, 0.2) is 0 Å². The first-order valence-corrected chi connectivity index (χ1v) is 6.15. The third-order valence-electron chi connectivity index (χ3n) is 2.46. The molecule has 0 amide bonds. The fraction of sp³-hybridized carbons (Fsp3) is 0.500. The Hall–Kier alpha value is -1.57. The number of rotatable bonds is 9. The minimum absolute atomic E-state index is 0.536. The Morgan fingerprint density at radius 3 is 2.89 bits per heavy atom. The highest BCUT2D eigenvalue weighted by atomic mass is 16.5. The summed E-state index contributed by atoms with van der Waals surface area (Å²) in [6.45, 7) is 2.87. The molecule has 1 N–H and O–H groups in total. The van der Waals surface area contributed by atoms with Crippen molar-refractivity contribution in [3.8, 4) is 11.8 Å². The predicted molar refractivity (Wildman–Crippen MR) is 70.4 cm³/mol. The van der Waals surface area contributed by atoms with Crippen LogP contribution < -0.4 is 10.1 Å². The number of methoxy groups -OCH3 is 1. The van der Waals surface area contributed by atoms with Crippen molar-refractivity contribution < 1.29 is 9.47 Å². The lowest BCUT2D eigenvalue weighted by Gasteiger charge is -2.11. The number of nitrogens with zero attached hydrogens (tertiary/aromatic N) is 1. The van der Waals surface area contributed by atoms with E-state index >= 15 is 0 Å². The molecule has 1 rings (SSSR count). The fourth-order valence-electron chi connectivity index (χ4n) is 1.52. The fourth-order valence-corrected chi connectivity index (χ4v) is 1.52. The molecule has 0 unspecified atom stereocenters. The SMILES string of the molecule is COCCNCc1ccccc1OCCCC#N. The smallest absolute Gasteiger partial charge is 0.123 e. The van der Waals surface area contributed by atoms with Crippen molar-refractivity contribution in [3.05, 3.63) is 29.8 Å². The third-order valence-corrected chi connectivity index (χ3v) is 2.46. The van der Waals surface area contributed by atoms with E-state index in [2.05, 4.69) is 11.4 Å². The van der Waals surface area contributed by atoms with Crippen LogP contribution in [0.15, 0.2) is 24.3 Å². The number of hydrogen-bond acceptors (Lipinski definition) is 4. The summed E-state index contributed by atoms with van der Waals surface area (Å²) in [6, 6.07) is 10.1. The van der Waals surface area contributed by atoms with E-state index in [9.17, 15) is 0 Å². The van der Waals surface area contributed by atoms with Gasteiger partial charge in [0.25, 0.3) is 0 Å². The summed E-state index contributed by atoms with van der Waals surface area (Å²) < 4.78 is 10.7. The Kier molecular flexibility index (Phi) is 7.61. The molecule has 0 saturated heterocycles. The van der Waals surface area contributed by atoms with Gasteiger partial charge in [-0.2, -0.15) is 5.26 Å². The second kappa shape index (κ2) is 9.46. The zero-order valence-corrected chi connectivity index (χ0v) is 10.8. The minimum Gasteiger partial charge on any atom is -0.493 e. The molecule has 0 spiro atoms. The molecule has 0 saturated carbocycles. The molecule has 4 heteroatoms. The highest BCUT2D eigenvalue weighted by molar-refractivity contribution is 5.33. The largest absolute Gasteiger partial charge is 0.493 e. The molecule has 18 heavy (non-hydrogen) atoms. The highest BCUT2D eigenvalue weighted by Gasteiger charge is 2.02. The number of unbranched alkanes of at least 4 members (excludes halogenated alkanes) is 1. The molecule has 0 atom stereocenters. The van der Waals surface area contributed by atoms with E-state index in [0.29, 0.717) is 19.6 Å². The van der Waals surface area contributed by atoms with E-state index in [4.69, 9.17) is 14.7 Å². The van der Waals surface area contributed by atoms with Crippen LogP contribution in [0.1, 0.15) is 18.4 Å². The number of para-hydroxylation sites is 1. The van der Waals surface area contributed by atoms with E-state index in [0.717, 1.165) is 30.8 Å². The van der Waals surface area contributed by atoms with Crippen LogP contribution >= 0.6 is 0 Å². The van der Waals surface area contributed by atoms with Gasteiger partial charge in [-0.1, -0.05) is 18.2 Å². The molecule has 0 aliphatic rings. The molecular formula is C14H20N2O2. The van der Waals surface area contributed by atoms with Crippen LogP contribution in [0.25, 0.3) is 0 Å². The van der Waals surface area contributed by atoms with Gasteiger partial charge in [0, 0.05) is 32.2 Å². The summed E-state index contributed by atoms with van der Waals surface area (Å²) in [5.41, 5.74) is 1.13. The first-order chi connectivity index (χ1) is 8.88. The van der Waals surface area contributed by atoms with Gasteiger partial charge >= 0.3 is 0 Å². The normalized spacial score (nSPS) is 10.0. The molecule has 4 nitrogen and oxygen atoms in total. The molecule has 0 fully saturated rings. The molecule has 98 valence electrons. The molecule has 1 aromatic rings. The zero-order chi connectivity index (χ0) is 13.1. The van der Waals surface area contributed by atoms with Crippen LogP contribution in [0.5, 0.6) is 5.75 Å². The van der Waals surface area contributed by atoms with Crippen LogP contribution in [0.4, 0.5) is 0 Å². The third kappa shape index (κ3) is 5.67. The maximum Gasteiger partial charge on any atom is 0.123 e. The standard InChI is InChI=1S/C14H20N2O2/c1-17-11-9-16-12-13-6-2-3-7-14(13)18-10-5-4-8-15/h2-3,6-7,16H,4-5,9-12H2,1H3. The van der Waals surface area contributed by atoms with Gasteiger partial charge in [0.1, 0.15) is 5.75 Å². The molecule has 0 heterocycles. The molecule has 0 bridgehead atoms. The van der Waals surface area contributed by atoms with Crippen LogP contribution in [-0.2, 0) is 11.3 Å². The maximum absolute atomic E-state index is 8.46. The number of nitriles is 1. The average molecular weight is 248 g/mol. The lowest BCUT2D eigenvalue weighted by Crippen LogP contribution is -2.19. The van der Waals surface area contributed by atoms with E-state index in [1.165, 1.54) is 0 Å². The average Bonchev–Trinajstić information content (AvgIpc) is 2.41. The van der Waals surface area contributed by atoms with Crippen molar-refractivity contribution >= 4 is 0 Å². The summed E-state index contributed by atoms with van der Waals surface area (Å²) in [4.78, 5) is 0. The van der Waals surface area contributed by atoms with Gasteiger partial charge in [-0.3, -0.25) is 0 Å². The van der Waals surface area contributed by atoms with Crippen LogP contribution in [0, 0.1) is 11.3 Å². The second-order valence-electron chi connectivity index (χ2n) is 3.89. The Morgan fingerprint density at radius 2 is 2.11 bits per heavy atom. The maximum atomic E-state index is 8.46. The number of hydrogen-bond donors (Lipinski definition) is 1. The Balaban J connectivity index is 2.38. The van der Waals surface area contributed by atoms with E-state index in [-0.39, 0.29) is 0 Å². The first kappa shape index (κ1) is 14.5. The summed E-state index contributed by atoms with van der Waals surface area (Å²) in [6.07, 6.45) is 1.30. The molecular weight excluding hydrogens is 228 g/mol. The Morgan fingerprint density at radius 1 is 1.28 bits per heavy atom. The van der Waals surface area contributed by atoms with Crippen LogP contribution in [-0.4, -0.2) is 26.9 Å². The van der Waals surface area contributed by atoms with Gasteiger partial charge in [0.05, 0.1) is 19.3 Å². The lowest BCUT2D eigenvalue weighted by atomic mass is 10.2. The number of nitrogens with one attached hydrogen (secondary N) is 1. The topological polar surface area (TPSA) is 54.3 Å². The summed E-state index contributed by atoms with van der Waals surface area (Å²) in [7, 11) is 1.69. The number of benzene rings is 1. The summed E-state index contributed by atoms with van der Waals surface area (Å²) >= 11 is 0. The van der Waals surface area contributed by atoms with Crippen molar-refractivity contribution in [1.29, 1.82) is 5.26 Å².